The summed E-state index contributed by atoms with van der Waals surface area (Å²) in [5, 5.41) is 3.83. The SMILES string of the molecule is CN1CCN(C)C(CNC2CCCC(C)(C)C2)C1. The highest BCUT2D eigenvalue weighted by Gasteiger charge is 2.29. The van der Waals surface area contributed by atoms with Gasteiger partial charge in [0.1, 0.15) is 0 Å². The number of nitrogens with zero attached hydrogens (tertiary/aromatic N) is 2. The molecule has 3 nitrogen and oxygen atoms in total. The van der Waals surface area contributed by atoms with E-state index in [1.807, 2.05) is 0 Å². The van der Waals surface area contributed by atoms with Gasteiger partial charge in [0.15, 0.2) is 0 Å². The van der Waals surface area contributed by atoms with Gasteiger partial charge in [-0.2, -0.15) is 0 Å². The van der Waals surface area contributed by atoms with Gasteiger partial charge in [0, 0.05) is 38.3 Å². The van der Waals surface area contributed by atoms with Gasteiger partial charge in [0.2, 0.25) is 0 Å². The van der Waals surface area contributed by atoms with Crippen molar-refractivity contribution in [2.75, 3.05) is 40.3 Å². The number of piperazine rings is 1. The molecule has 106 valence electrons. The second-order valence-corrected chi connectivity index (χ2v) is 7.26. The van der Waals surface area contributed by atoms with Crippen LogP contribution in [0.2, 0.25) is 0 Å². The highest BCUT2D eigenvalue weighted by molar-refractivity contribution is 4.86. The van der Waals surface area contributed by atoms with Gasteiger partial charge in [0.25, 0.3) is 0 Å². The predicted octanol–water partition coefficient (Wildman–Crippen LogP) is 1.79. The zero-order chi connectivity index (χ0) is 13.2. The third kappa shape index (κ3) is 3.94. The minimum Gasteiger partial charge on any atom is -0.312 e. The summed E-state index contributed by atoms with van der Waals surface area (Å²) in [5.41, 5.74) is 0.547. The lowest BCUT2D eigenvalue weighted by Crippen LogP contribution is -2.55. The molecule has 0 bridgehead atoms. The first-order valence-corrected chi connectivity index (χ1v) is 7.58. The lowest BCUT2D eigenvalue weighted by Gasteiger charge is -2.40. The Morgan fingerprint density at radius 1 is 1.22 bits per heavy atom. The number of hydrogen-bond acceptors (Lipinski definition) is 3. The molecular weight excluding hydrogens is 222 g/mol. The Morgan fingerprint density at radius 2 is 2.00 bits per heavy atom. The topological polar surface area (TPSA) is 18.5 Å². The van der Waals surface area contributed by atoms with Crippen molar-refractivity contribution in [3.05, 3.63) is 0 Å². The van der Waals surface area contributed by atoms with E-state index in [-0.39, 0.29) is 0 Å². The fourth-order valence-corrected chi connectivity index (χ4v) is 3.50. The molecule has 1 heterocycles. The maximum Gasteiger partial charge on any atom is 0.0345 e. The van der Waals surface area contributed by atoms with Crippen LogP contribution < -0.4 is 5.32 Å². The Hall–Kier alpha value is -0.120. The molecule has 2 unspecified atom stereocenters. The molecule has 1 aliphatic heterocycles. The first-order valence-electron chi connectivity index (χ1n) is 7.58. The van der Waals surface area contributed by atoms with Gasteiger partial charge in [-0.05, 0) is 38.8 Å². The summed E-state index contributed by atoms with van der Waals surface area (Å²) in [4.78, 5) is 4.97. The summed E-state index contributed by atoms with van der Waals surface area (Å²) < 4.78 is 0. The normalized spacial score (nSPS) is 34.7. The lowest BCUT2D eigenvalue weighted by molar-refractivity contribution is 0.105. The van der Waals surface area contributed by atoms with Crippen LogP contribution in [-0.2, 0) is 0 Å². The van der Waals surface area contributed by atoms with Crippen molar-refractivity contribution in [1.82, 2.24) is 15.1 Å². The van der Waals surface area contributed by atoms with Gasteiger partial charge in [0.05, 0.1) is 0 Å². The minimum absolute atomic E-state index is 0.547. The zero-order valence-corrected chi connectivity index (χ0v) is 12.7. The van der Waals surface area contributed by atoms with Crippen LogP contribution in [0.4, 0.5) is 0 Å². The molecule has 1 saturated carbocycles. The molecule has 2 rings (SSSR count). The maximum atomic E-state index is 3.83. The quantitative estimate of drug-likeness (QED) is 0.827. The predicted molar refractivity (Wildman–Crippen MR) is 78.0 cm³/mol. The Morgan fingerprint density at radius 3 is 2.72 bits per heavy atom. The highest BCUT2D eigenvalue weighted by atomic mass is 15.3. The van der Waals surface area contributed by atoms with Crippen LogP contribution in [0.25, 0.3) is 0 Å². The van der Waals surface area contributed by atoms with E-state index in [1.165, 1.54) is 45.3 Å². The second-order valence-electron chi connectivity index (χ2n) is 7.26. The van der Waals surface area contributed by atoms with Gasteiger partial charge in [-0.1, -0.05) is 20.3 Å². The minimum atomic E-state index is 0.547. The fourth-order valence-electron chi connectivity index (χ4n) is 3.50. The first-order chi connectivity index (χ1) is 8.46. The van der Waals surface area contributed by atoms with Crippen molar-refractivity contribution in [2.45, 2.75) is 51.6 Å². The number of rotatable bonds is 3. The molecule has 2 aliphatic rings. The van der Waals surface area contributed by atoms with E-state index >= 15 is 0 Å². The van der Waals surface area contributed by atoms with Crippen molar-refractivity contribution in [1.29, 1.82) is 0 Å². The molecule has 1 N–H and O–H groups in total. The molecule has 0 radical (unpaired) electrons. The van der Waals surface area contributed by atoms with E-state index in [1.54, 1.807) is 0 Å². The molecule has 1 saturated heterocycles. The van der Waals surface area contributed by atoms with E-state index in [0.717, 1.165) is 12.6 Å². The van der Waals surface area contributed by atoms with Crippen LogP contribution >= 0.6 is 0 Å². The van der Waals surface area contributed by atoms with Crippen LogP contribution in [0.3, 0.4) is 0 Å². The average molecular weight is 253 g/mol. The van der Waals surface area contributed by atoms with Crippen molar-refractivity contribution in [3.8, 4) is 0 Å². The molecule has 0 aromatic rings. The highest BCUT2D eigenvalue weighted by Crippen LogP contribution is 2.35. The monoisotopic (exact) mass is 253 g/mol. The Bertz CT molecular complexity index is 264. The van der Waals surface area contributed by atoms with Gasteiger partial charge < -0.3 is 10.2 Å². The fraction of sp³-hybridized carbons (Fsp3) is 1.00. The zero-order valence-electron chi connectivity index (χ0n) is 12.7. The molecule has 0 spiro atoms. The van der Waals surface area contributed by atoms with Crippen LogP contribution in [-0.4, -0.2) is 62.2 Å². The van der Waals surface area contributed by atoms with Crippen molar-refractivity contribution in [2.24, 2.45) is 5.41 Å². The van der Waals surface area contributed by atoms with E-state index in [2.05, 4.69) is 43.1 Å². The summed E-state index contributed by atoms with van der Waals surface area (Å²) in [6.45, 7) is 9.62. The van der Waals surface area contributed by atoms with Crippen molar-refractivity contribution < 1.29 is 0 Å². The van der Waals surface area contributed by atoms with E-state index in [9.17, 15) is 0 Å². The van der Waals surface area contributed by atoms with Crippen LogP contribution in [0.15, 0.2) is 0 Å². The average Bonchev–Trinajstić information content (AvgIpc) is 2.29. The molecule has 3 heteroatoms. The Balaban J connectivity index is 1.76. The third-order valence-electron chi connectivity index (χ3n) is 4.83. The largest absolute Gasteiger partial charge is 0.312 e. The summed E-state index contributed by atoms with van der Waals surface area (Å²) in [7, 11) is 4.51. The van der Waals surface area contributed by atoms with E-state index in [0.29, 0.717) is 11.5 Å². The molecule has 2 atom stereocenters. The van der Waals surface area contributed by atoms with Crippen LogP contribution in [0.1, 0.15) is 39.5 Å². The summed E-state index contributed by atoms with van der Waals surface area (Å²) in [5.74, 6) is 0. The Kier molecular flexibility index (Phi) is 4.68. The smallest absolute Gasteiger partial charge is 0.0345 e. The van der Waals surface area contributed by atoms with Gasteiger partial charge in [-0.15, -0.1) is 0 Å². The maximum absolute atomic E-state index is 3.83. The third-order valence-corrected chi connectivity index (χ3v) is 4.83. The summed E-state index contributed by atoms with van der Waals surface area (Å²) in [6, 6.07) is 1.43. The van der Waals surface area contributed by atoms with Gasteiger partial charge >= 0.3 is 0 Å². The standard InChI is InChI=1S/C15H31N3/c1-15(2)7-5-6-13(10-15)16-11-14-12-17(3)8-9-18(14)4/h13-14,16H,5-12H2,1-4H3. The number of likely N-dealkylation sites (N-methyl/N-ethyl adjacent to an activating group) is 2. The van der Waals surface area contributed by atoms with Crippen LogP contribution in [0, 0.1) is 5.41 Å². The van der Waals surface area contributed by atoms with E-state index in [4.69, 9.17) is 0 Å². The molecule has 0 aromatic carbocycles. The molecule has 0 aromatic heterocycles. The van der Waals surface area contributed by atoms with Gasteiger partial charge in [-0.3, -0.25) is 4.90 Å². The molecule has 0 amide bonds. The summed E-state index contributed by atoms with van der Waals surface area (Å²) >= 11 is 0. The molecular formula is C15H31N3. The molecule has 18 heavy (non-hydrogen) atoms. The second kappa shape index (κ2) is 5.89. The van der Waals surface area contributed by atoms with Crippen molar-refractivity contribution in [3.63, 3.8) is 0 Å². The molecule has 2 fully saturated rings. The van der Waals surface area contributed by atoms with Gasteiger partial charge in [-0.25, -0.2) is 0 Å². The molecule has 1 aliphatic carbocycles. The number of nitrogens with one attached hydrogen (secondary N) is 1. The summed E-state index contributed by atoms with van der Waals surface area (Å²) in [6.07, 6.45) is 5.51. The first kappa shape index (κ1) is 14.3. The lowest BCUT2D eigenvalue weighted by atomic mass is 9.75. The van der Waals surface area contributed by atoms with Crippen molar-refractivity contribution >= 4 is 0 Å². The Labute approximate surface area is 113 Å². The number of hydrogen-bond donors (Lipinski definition) is 1. The van der Waals surface area contributed by atoms with Crippen LogP contribution in [0.5, 0.6) is 0 Å². The van der Waals surface area contributed by atoms with E-state index < -0.39 is 0 Å².